The van der Waals surface area contributed by atoms with E-state index in [9.17, 15) is 15.0 Å². The lowest BCUT2D eigenvalue weighted by atomic mass is 9.93. The van der Waals surface area contributed by atoms with Crippen molar-refractivity contribution in [1.82, 2.24) is 0 Å². The number of phenolic OH excluding ortho intramolecular Hbond substituents is 2. The Morgan fingerprint density at radius 1 is 1.23 bits per heavy atom. The molecule has 1 aliphatic heterocycles. The molecule has 0 fully saturated rings. The summed E-state index contributed by atoms with van der Waals surface area (Å²) in [5.41, 5.74) is 0.853. The van der Waals surface area contributed by atoms with Crippen LogP contribution in [0.2, 0.25) is 0 Å². The average Bonchev–Trinajstić information content (AvgIpc) is 2.67. The van der Waals surface area contributed by atoms with Crippen molar-refractivity contribution in [3.63, 3.8) is 0 Å². The highest BCUT2D eigenvalue weighted by atomic mass is 16.5. The van der Waals surface area contributed by atoms with Crippen LogP contribution in [0.4, 0.5) is 0 Å². The van der Waals surface area contributed by atoms with Crippen LogP contribution in [0.3, 0.4) is 0 Å². The summed E-state index contributed by atoms with van der Waals surface area (Å²) in [6.07, 6.45) is 7.43. The van der Waals surface area contributed by atoms with Gasteiger partial charge in [-0.05, 0) is 57.9 Å². The minimum Gasteiger partial charge on any atom is -0.507 e. The van der Waals surface area contributed by atoms with Crippen molar-refractivity contribution in [3.05, 3.63) is 51.7 Å². The minimum absolute atomic E-state index is 0.00815. The lowest BCUT2D eigenvalue weighted by Gasteiger charge is -2.32. The van der Waals surface area contributed by atoms with E-state index in [1.165, 1.54) is 24.8 Å². The van der Waals surface area contributed by atoms with Gasteiger partial charge in [-0.15, -0.1) is 0 Å². The number of ether oxygens (including phenoxy) is 2. The highest BCUT2D eigenvalue weighted by molar-refractivity contribution is 6.00. The molecule has 0 bridgehead atoms. The third-order valence-electron chi connectivity index (χ3n) is 5.39. The standard InChI is InChI=1S/C24H24O6/c1-13(2)6-5-10-24(3)11-9-14-17(30-24)12-18-20(21(14)26)22(27)19-15(25)7-8-16(28-4)23(19)29-18/h6-9,11-12,25-26H,5,10H2,1-4H3/t24-/m0/s1. The number of fused-ring (bicyclic) bond motifs is 3. The summed E-state index contributed by atoms with van der Waals surface area (Å²) in [4.78, 5) is 13.1. The SMILES string of the molecule is COc1ccc(O)c2c(=O)c3c(O)c4c(cc3oc12)O[C@@](C)(CCC=C(C)C)C=C4. The molecule has 1 atom stereocenters. The lowest BCUT2D eigenvalue weighted by molar-refractivity contribution is 0.128. The zero-order valence-corrected chi connectivity index (χ0v) is 17.4. The summed E-state index contributed by atoms with van der Waals surface area (Å²) in [6.45, 7) is 6.08. The number of rotatable bonds is 4. The molecule has 6 nitrogen and oxygen atoms in total. The first kappa shape index (κ1) is 19.9. The van der Waals surface area contributed by atoms with Crippen LogP contribution >= 0.6 is 0 Å². The Balaban J connectivity index is 1.90. The maximum atomic E-state index is 13.1. The van der Waals surface area contributed by atoms with E-state index in [0.29, 0.717) is 17.1 Å². The second-order valence-electron chi connectivity index (χ2n) is 8.00. The Bertz CT molecular complexity index is 1280. The van der Waals surface area contributed by atoms with Gasteiger partial charge in [-0.25, -0.2) is 0 Å². The van der Waals surface area contributed by atoms with Gasteiger partial charge >= 0.3 is 0 Å². The third kappa shape index (κ3) is 3.18. The number of allylic oxidation sites excluding steroid dienone is 2. The van der Waals surface area contributed by atoms with Crippen molar-refractivity contribution in [3.8, 4) is 23.0 Å². The van der Waals surface area contributed by atoms with Gasteiger partial charge in [0.15, 0.2) is 11.3 Å². The van der Waals surface area contributed by atoms with E-state index < -0.39 is 11.0 Å². The van der Waals surface area contributed by atoms with Gasteiger partial charge < -0.3 is 24.1 Å². The molecule has 2 aromatic carbocycles. The molecule has 0 spiro atoms. The Morgan fingerprint density at radius 2 is 2.00 bits per heavy atom. The Hall–Kier alpha value is -3.41. The van der Waals surface area contributed by atoms with E-state index in [2.05, 4.69) is 19.9 Å². The number of methoxy groups -OCH3 is 1. The van der Waals surface area contributed by atoms with E-state index in [1.54, 1.807) is 12.1 Å². The van der Waals surface area contributed by atoms with Gasteiger partial charge in [-0.3, -0.25) is 4.79 Å². The van der Waals surface area contributed by atoms with Crippen molar-refractivity contribution >= 4 is 28.0 Å². The zero-order valence-electron chi connectivity index (χ0n) is 17.4. The topological polar surface area (TPSA) is 89.1 Å². The molecule has 3 aromatic rings. The van der Waals surface area contributed by atoms with Gasteiger partial charge in [0.05, 0.1) is 12.7 Å². The van der Waals surface area contributed by atoms with Gasteiger partial charge in [0.1, 0.15) is 39.2 Å². The number of benzene rings is 2. The van der Waals surface area contributed by atoms with Gasteiger partial charge in [-0.1, -0.05) is 11.6 Å². The predicted octanol–water partition coefficient (Wildman–Crippen LogP) is 5.28. The highest BCUT2D eigenvalue weighted by Crippen LogP contribution is 2.43. The Morgan fingerprint density at radius 3 is 2.70 bits per heavy atom. The molecule has 2 N–H and O–H groups in total. The molecule has 0 radical (unpaired) electrons. The van der Waals surface area contributed by atoms with Crippen LogP contribution in [-0.2, 0) is 0 Å². The molecule has 2 heterocycles. The molecule has 1 aliphatic rings. The lowest BCUT2D eigenvalue weighted by Crippen LogP contribution is -2.31. The molecule has 156 valence electrons. The number of aromatic hydroxyl groups is 2. The molecule has 4 rings (SSSR count). The van der Waals surface area contributed by atoms with Crippen LogP contribution in [0.5, 0.6) is 23.0 Å². The van der Waals surface area contributed by atoms with Gasteiger partial charge in [-0.2, -0.15) is 0 Å². The smallest absolute Gasteiger partial charge is 0.208 e. The molecule has 0 aliphatic carbocycles. The number of hydrogen-bond acceptors (Lipinski definition) is 6. The molecule has 0 saturated heterocycles. The van der Waals surface area contributed by atoms with Crippen molar-refractivity contribution in [2.24, 2.45) is 0 Å². The molecule has 0 saturated carbocycles. The van der Waals surface area contributed by atoms with Crippen LogP contribution < -0.4 is 14.9 Å². The first-order valence-corrected chi connectivity index (χ1v) is 9.78. The number of hydrogen-bond donors (Lipinski definition) is 2. The first-order chi connectivity index (χ1) is 14.2. The fourth-order valence-corrected chi connectivity index (χ4v) is 3.78. The van der Waals surface area contributed by atoms with Crippen LogP contribution in [0.15, 0.2) is 45.1 Å². The first-order valence-electron chi connectivity index (χ1n) is 9.78. The molecule has 1 aromatic heterocycles. The van der Waals surface area contributed by atoms with Crippen molar-refractivity contribution in [1.29, 1.82) is 0 Å². The maximum absolute atomic E-state index is 13.1. The quantitative estimate of drug-likeness (QED) is 0.451. The molecular weight excluding hydrogens is 384 g/mol. The predicted molar refractivity (Wildman–Crippen MR) is 117 cm³/mol. The van der Waals surface area contributed by atoms with E-state index in [4.69, 9.17) is 13.9 Å². The van der Waals surface area contributed by atoms with Crippen LogP contribution in [0.1, 0.15) is 39.2 Å². The fourth-order valence-electron chi connectivity index (χ4n) is 3.78. The molecule has 0 unspecified atom stereocenters. The van der Waals surface area contributed by atoms with Crippen LogP contribution in [-0.4, -0.2) is 22.9 Å². The molecule has 6 heteroatoms. The number of phenols is 2. The molecule has 30 heavy (non-hydrogen) atoms. The summed E-state index contributed by atoms with van der Waals surface area (Å²) in [7, 11) is 1.45. The van der Waals surface area contributed by atoms with Gasteiger partial charge in [0.2, 0.25) is 5.43 Å². The largest absolute Gasteiger partial charge is 0.507 e. The summed E-state index contributed by atoms with van der Waals surface area (Å²) in [5, 5.41) is 21.0. The van der Waals surface area contributed by atoms with E-state index >= 15 is 0 Å². The summed E-state index contributed by atoms with van der Waals surface area (Å²) in [6, 6.07) is 4.49. The fraction of sp³-hybridized carbons (Fsp3) is 0.292. The van der Waals surface area contributed by atoms with Crippen molar-refractivity contribution < 1.29 is 24.1 Å². The second kappa shape index (κ2) is 7.13. The maximum Gasteiger partial charge on any atom is 0.208 e. The Labute approximate surface area is 173 Å². The van der Waals surface area contributed by atoms with Crippen LogP contribution in [0.25, 0.3) is 28.0 Å². The summed E-state index contributed by atoms with van der Waals surface area (Å²) < 4.78 is 17.4. The van der Waals surface area contributed by atoms with Crippen molar-refractivity contribution in [2.75, 3.05) is 7.11 Å². The normalized spacial score (nSPS) is 17.6. The zero-order chi connectivity index (χ0) is 21.6. The van der Waals surface area contributed by atoms with Gasteiger partial charge in [0.25, 0.3) is 0 Å². The minimum atomic E-state index is -0.549. The van der Waals surface area contributed by atoms with Gasteiger partial charge in [0, 0.05) is 6.07 Å². The van der Waals surface area contributed by atoms with E-state index in [-0.39, 0.29) is 33.4 Å². The van der Waals surface area contributed by atoms with E-state index in [1.807, 2.05) is 13.0 Å². The third-order valence-corrected chi connectivity index (χ3v) is 5.39. The Kier molecular flexibility index (Phi) is 4.73. The van der Waals surface area contributed by atoms with E-state index in [0.717, 1.165) is 12.8 Å². The average molecular weight is 408 g/mol. The molecular formula is C24H24O6. The van der Waals surface area contributed by atoms with Crippen LogP contribution in [0, 0.1) is 0 Å². The monoisotopic (exact) mass is 408 g/mol. The van der Waals surface area contributed by atoms with Crippen molar-refractivity contribution in [2.45, 2.75) is 39.2 Å². The summed E-state index contributed by atoms with van der Waals surface area (Å²) in [5.74, 6) is 0.274. The second-order valence-corrected chi connectivity index (χ2v) is 8.00. The summed E-state index contributed by atoms with van der Waals surface area (Å²) >= 11 is 0. The highest BCUT2D eigenvalue weighted by Gasteiger charge is 2.30. The molecule has 0 amide bonds.